The molecule has 23 heavy (non-hydrogen) atoms. The Morgan fingerprint density at radius 1 is 1.30 bits per heavy atom. The number of piperazine rings is 1. The first-order chi connectivity index (χ1) is 10.9. The molecule has 1 saturated heterocycles. The van der Waals surface area contributed by atoms with E-state index < -0.39 is 0 Å². The summed E-state index contributed by atoms with van der Waals surface area (Å²) >= 11 is 6.03. The van der Waals surface area contributed by atoms with Gasteiger partial charge in [-0.05, 0) is 25.1 Å². The molecule has 1 aromatic rings. The molecule has 0 spiro atoms. The summed E-state index contributed by atoms with van der Waals surface area (Å²) in [5.41, 5.74) is 0.148. The van der Waals surface area contributed by atoms with E-state index in [2.05, 4.69) is 36.0 Å². The van der Waals surface area contributed by atoms with Crippen molar-refractivity contribution in [2.75, 3.05) is 39.8 Å². The molecule has 0 bridgehead atoms. The average molecular weight is 340 g/mol. The lowest BCUT2D eigenvalue weighted by molar-refractivity contribution is 0.0790. The van der Waals surface area contributed by atoms with Crippen LogP contribution >= 0.6 is 11.6 Å². The van der Waals surface area contributed by atoms with Crippen molar-refractivity contribution < 1.29 is 9.90 Å². The first-order valence-electron chi connectivity index (χ1n) is 8.08. The average Bonchev–Trinajstić information content (AvgIpc) is 2.48. The Bertz CT molecular complexity index is 522. The van der Waals surface area contributed by atoms with Gasteiger partial charge in [0, 0.05) is 38.8 Å². The van der Waals surface area contributed by atoms with E-state index in [-0.39, 0.29) is 28.3 Å². The third kappa shape index (κ3) is 4.59. The van der Waals surface area contributed by atoms with Gasteiger partial charge in [0.1, 0.15) is 5.75 Å². The molecule has 0 radical (unpaired) electrons. The summed E-state index contributed by atoms with van der Waals surface area (Å²) in [5, 5.41) is 13.1. The normalized spacial score (nSPS) is 18.1. The van der Waals surface area contributed by atoms with Crippen LogP contribution in [0.5, 0.6) is 5.75 Å². The summed E-state index contributed by atoms with van der Waals surface area (Å²) in [5.74, 6) is 0.0159. The number of hydrogen-bond acceptors (Lipinski definition) is 4. The van der Waals surface area contributed by atoms with Gasteiger partial charge in [0.2, 0.25) is 0 Å². The molecule has 1 aliphatic heterocycles. The van der Waals surface area contributed by atoms with Crippen LogP contribution in [0.25, 0.3) is 0 Å². The molecule has 1 fully saturated rings. The largest absolute Gasteiger partial charge is 0.507 e. The standard InChI is InChI=1S/C17H26ClN3O2/c1-12(2)14(21-9-7-20(3)8-10-21)11-19-17(23)16-13(18)5-4-6-15(16)22/h4-6,12,14,22H,7-11H2,1-3H3,(H,19,23)/t14-/m0/s1. The minimum absolute atomic E-state index is 0.0873. The molecule has 0 aromatic heterocycles. The number of phenols is 1. The zero-order chi connectivity index (χ0) is 17.0. The number of rotatable bonds is 5. The summed E-state index contributed by atoms with van der Waals surface area (Å²) in [7, 11) is 2.13. The minimum atomic E-state index is -0.326. The highest BCUT2D eigenvalue weighted by Gasteiger charge is 2.26. The number of carbonyl (C=O) groups excluding carboxylic acids is 1. The lowest BCUT2D eigenvalue weighted by Crippen LogP contribution is -2.54. The Balaban J connectivity index is 2.00. The Morgan fingerprint density at radius 3 is 2.52 bits per heavy atom. The first-order valence-corrected chi connectivity index (χ1v) is 8.46. The molecule has 1 aliphatic rings. The molecular formula is C17H26ClN3O2. The number of hydrogen-bond donors (Lipinski definition) is 2. The van der Waals surface area contributed by atoms with Crippen molar-refractivity contribution in [2.45, 2.75) is 19.9 Å². The van der Waals surface area contributed by atoms with Crippen LogP contribution in [0.2, 0.25) is 5.02 Å². The van der Waals surface area contributed by atoms with Crippen LogP contribution in [0.3, 0.4) is 0 Å². The van der Waals surface area contributed by atoms with Crippen molar-refractivity contribution in [3.63, 3.8) is 0 Å². The van der Waals surface area contributed by atoms with Gasteiger partial charge in [-0.1, -0.05) is 31.5 Å². The molecule has 0 unspecified atom stereocenters. The number of halogens is 1. The number of phenolic OH excluding ortho intramolecular Hbond substituents is 1. The maximum absolute atomic E-state index is 12.4. The van der Waals surface area contributed by atoms with Crippen LogP contribution in [0.4, 0.5) is 0 Å². The van der Waals surface area contributed by atoms with Crippen molar-refractivity contribution >= 4 is 17.5 Å². The molecule has 1 heterocycles. The zero-order valence-corrected chi connectivity index (χ0v) is 14.8. The van der Waals surface area contributed by atoms with Gasteiger partial charge in [-0.15, -0.1) is 0 Å². The number of likely N-dealkylation sites (N-methyl/N-ethyl adjacent to an activating group) is 1. The van der Waals surface area contributed by atoms with E-state index in [0.29, 0.717) is 12.5 Å². The molecule has 5 nitrogen and oxygen atoms in total. The second-order valence-corrected chi connectivity index (χ2v) is 6.90. The third-order valence-electron chi connectivity index (χ3n) is 4.47. The van der Waals surface area contributed by atoms with Crippen LogP contribution in [0, 0.1) is 5.92 Å². The molecule has 1 amide bonds. The summed E-state index contributed by atoms with van der Waals surface area (Å²) < 4.78 is 0. The maximum Gasteiger partial charge on any atom is 0.256 e. The maximum atomic E-state index is 12.4. The lowest BCUT2D eigenvalue weighted by atomic mass is 10.0. The first kappa shape index (κ1) is 18.0. The fourth-order valence-corrected chi connectivity index (χ4v) is 3.22. The smallest absolute Gasteiger partial charge is 0.256 e. The Labute approximate surface area is 143 Å². The summed E-state index contributed by atoms with van der Waals surface area (Å²) in [6.07, 6.45) is 0. The van der Waals surface area contributed by atoms with E-state index >= 15 is 0 Å². The van der Waals surface area contributed by atoms with E-state index in [9.17, 15) is 9.90 Å². The highest BCUT2D eigenvalue weighted by atomic mass is 35.5. The van der Waals surface area contributed by atoms with Gasteiger partial charge >= 0.3 is 0 Å². The van der Waals surface area contributed by atoms with Gasteiger partial charge in [-0.2, -0.15) is 0 Å². The fourth-order valence-electron chi connectivity index (χ4n) is 2.96. The van der Waals surface area contributed by atoms with Gasteiger partial charge < -0.3 is 15.3 Å². The van der Waals surface area contributed by atoms with Gasteiger partial charge in [-0.3, -0.25) is 9.69 Å². The van der Waals surface area contributed by atoms with E-state index in [1.807, 2.05) is 0 Å². The molecule has 6 heteroatoms. The van der Waals surface area contributed by atoms with E-state index in [4.69, 9.17) is 11.6 Å². The van der Waals surface area contributed by atoms with E-state index in [1.54, 1.807) is 12.1 Å². The number of carbonyl (C=O) groups is 1. The monoisotopic (exact) mass is 339 g/mol. The number of aromatic hydroxyl groups is 1. The lowest BCUT2D eigenvalue weighted by Gasteiger charge is -2.39. The van der Waals surface area contributed by atoms with Gasteiger partial charge in [0.25, 0.3) is 5.91 Å². The predicted molar refractivity (Wildman–Crippen MR) is 93.1 cm³/mol. The van der Waals surface area contributed by atoms with E-state index in [0.717, 1.165) is 26.2 Å². The van der Waals surface area contributed by atoms with E-state index in [1.165, 1.54) is 6.07 Å². The van der Waals surface area contributed by atoms with Crippen molar-refractivity contribution in [1.82, 2.24) is 15.1 Å². The van der Waals surface area contributed by atoms with Crippen LogP contribution < -0.4 is 5.32 Å². The molecule has 1 atom stereocenters. The third-order valence-corrected chi connectivity index (χ3v) is 4.78. The highest BCUT2D eigenvalue weighted by Crippen LogP contribution is 2.25. The molecule has 0 saturated carbocycles. The molecule has 1 aromatic carbocycles. The molecule has 0 aliphatic carbocycles. The quantitative estimate of drug-likeness (QED) is 0.862. The summed E-state index contributed by atoms with van der Waals surface area (Å²) in [6.45, 7) is 8.99. The van der Waals surface area contributed by atoms with Crippen LogP contribution in [0.1, 0.15) is 24.2 Å². The number of nitrogens with one attached hydrogen (secondary N) is 1. The van der Waals surface area contributed by atoms with Gasteiger partial charge in [-0.25, -0.2) is 0 Å². The Kier molecular flexibility index (Phi) is 6.27. The number of amides is 1. The SMILES string of the molecule is CC(C)[C@H](CNC(=O)c1c(O)cccc1Cl)N1CCN(C)CC1. The topological polar surface area (TPSA) is 55.8 Å². The highest BCUT2D eigenvalue weighted by molar-refractivity contribution is 6.34. The van der Waals surface area contributed by atoms with Gasteiger partial charge in [0.15, 0.2) is 0 Å². The van der Waals surface area contributed by atoms with Crippen molar-refractivity contribution in [2.24, 2.45) is 5.92 Å². The molecule has 2 rings (SSSR count). The van der Waals surface area contributed by atoms with Crippen LogP contribution in [0.15, 0.2) is 18.2 Å². The van der Waals surface area contributed by atoms with Gasteiger partial charge in [0.05, 0.1) is 10.6 Å². The minimum Gasteiger partial charge on any atom is -0.507 e. The van der Waals surface area contributed by atoms with Crippen molar-refractivity contribution in [3.8, 4) is 5.75 Å². The zero-order valence-electron chi connectivity index (χ0n) is 14.1. The summed E-state index contributed by atoms with van der Waals surface area (Å²) in [4.78, 5) is 17.1. The van der Waals surface area contributed by atoms with Crippen molar-refractivity contribution in [1.29, 1.82) is 0 Å². The molecular weight excluding hydrogens is 314 g/mol. The molecule has 128 valence electrons. The van der Waals surface area contributed by atoms with Crippen molar-refractivity contribution in [3.05, 3.63) is 28.8 Å². The second-order valence-electron chi connectivity index (χ2n) is 6.49. The predicted octanol–water partition coefficient (Wildman–Crippen LogP) is 2.05. The fraction of sp³-hybridized carbons (Fsp3) is 0.588. The second kappa shape index (κ2) is 7.99. The van der Waals surface area contributed by atoms with Crippen LogP contribution in [-0.4, -0.2) is 66.6 Å². The Morgan fingerprint density at radius 2 is 1.96 bits per heavy atom. The Hall–Kier alpha value is -1.30. The number of nitrogens with zero attached hydrogens (tertiary/aromatic N) is 2. The number of benzene rings is 1. The summed E-state index contributed by atoms with van der Waals surface area (Å²) in [6, 6.07) is 4.98. The van der Waals surface area contributed by atoms with Crippen LogP contribution in [-0.2, 0) is 0 Å². The molecule has 2 N–H and O–H groups in total.